The third-order valence-electron chi connectivity index (χ3n) is 3.77. The van der Waals surface area contributed by atoms with E-state index in [0.717, 1.165) is 11.4 Å². The van der Waals surface area contributed by atoms with Crippen molar-refractivity contribution >= 4 is 10.0 Å². The maximum Gasteiger partial charge on any atom is 0.240 e. The van der Waals surface area contributed by atoms with Crippen LogP contribution in [-0.4, -0.2) is 41.6 Å². The molecule has 3 aromatic rings. The Kier molecular flexibility index (Phi) is 4.86. The van der Waals surface area contributed by atoms with Gasteiger partial charge < -0.3 is 14.3 Å². The summed E-state index contributed by atoms with van der Waals surface area (Å²) < 4.78 is 34.2. The Morgan fingerprint density at radius 1 is 1.24 bits per heavy atom. The Balaban J connectivity index is 1.67. The number of hydrogen-bond donors (Lipinski definition) is 2. The number of hydrogen-bond acceptors (Lipinski definition) is 5. The predicted octanol–water partition coefficient (Wildman–Crippen LogP) is 1.57. The molecule has 0 unspecified atom stereocenters. The van der Waals surface area contributed by atoms with Gasteiger partial charge in [-0.3, -0.25) is 0 Å². The van der Waals surface area contributed by atoms with Gasteiger partial charge in [-0.05, 0) is 31.2 Å². The summed E-state index contributed by atoms with van der Waals surface area (Å²) in [6, 6.07) is 6.25. The third kappa shape index (κ3) is 3.72. The standard InChI is InChI=1S/C16H19N5O3S/c1-12-15(19-11-18-12)16-17-7-9-21(16)10-8-20-25(22,23)14-5-3-13(24-2)4-6-14/h3-7,9,11,20H,8,10H2,1-2H3,(H,18,19). The topological polar surface area (TPSA) is 102 Å². The first-order chi connectivity index (χ1) is 12.0. The van der Waals surface area contributed by atoms with Crippen LogP contribution in [0.15, 0.2) is 47.9 Å². The fourth-order valence-electron chi connectivity index (χ4n) is 2.43. The van der Waals surface area contributed by atoms with E-state index in [9.17, 15) is 8.42 Å². The summed E-state index contributed by atoms with van der Waals surface area (Å²) >= 11 is 0. The number of ether oxygens (including phenoxy) is 1. The summed E-state index contributed by atoms with van der Waals surface area (Å²) in [6.07, 6.45) is 5.07. The second-order valence-electron chi connectivity index (χ2n) is 5.39. The monoisotopic (exact) mass is 361 g/mol. The molecule has 0 aliphatic heterocycles. The number of benzene rings is 1. The van der Waals surface area contributed by atoms with Gasteiger partial charge in [-0.25, -0.2) is 23.1 Å². The van der Waals surface area contributed by atoms with Crippen LogP contribution in [0.5, 0.6) is 5.75 Å². The van der Waals surface area contributed by atoms with Crippen LogP contribution >= 0.6 is 0 Å². The Labute approximate surface area is 145 Å². The molecule has 0 bridgehead atoms. The van der Waals surface area contributed by atoms with Gasteiger partial charge in [-0.1, -0.05) is 0 Å². The fourth-order valence-corrected chi connectivity index (χ4v) is 3.45. The van der Waals surface area contributed by atoms with E-state index in [2.05, 4.69) is 19.7 Å². The number of aryl methyl sites for hydroxylation is 1. The normalized spacial score (nSPS) is 11.6. The average Bonchev–Trinajstić information content (AvgIpc) is 3.23. The molecule has 0 spiro atoms. The molecule has 9 heteroatoms. The smallest absolute Gasteiger partial charge is 0.240 e. The van der Waals surface area contributed by atoms with Crippen molar-refractivity contribution in [3.63, 3.8) is 0 Å². The molecule has 0 radical (unpaired) electrons. The molecule has 25 heavy (non-hydrogen) atoms. The van der Waals surface area contributed by atoms with E-state index in [4.69, 9.17) is 4.74 Å². The van der Waals surface area contributed by atoms with Crippen LogP contribution in [0, 0.1) is 6.92 Å². The number of methoxy groups -OCH3 is 1. The predicted molar refractivity (Wildman–Crippen MR) is 92.7 cm³/mol. The molecular weight excluding hydrogens is 342 g/mol. The van der Waals surface area contributed by atoms with Crippen molar-refractivity contribution in [3.05, 3.63) is 48.7 Å². The lowest BCUT2D eigenvalue weighted by molar-refractivity contribution is 0.414. The largest absolute Gasteiger partial charge is 0.497 e. The van der Waals surface area contributed by atoms with Crippen LogP contribution in [0.1, 0.15) is 5.69 Å². The molecule has 1 aromatic carbocycles. The summed E-state index contributed by atoms with van der Waals surface area (Å²) in [5.41, 5.74) is 1.66. The van der Waals surface area contributed by atoms with Crippen molar-refractivity contribution in [2.24, 2.45) is 0 Å². The zero-order valence-corrected chi connectivity index (χ0v) is 14.7. The van der Waals surface area contributed by atoms with Crippen LogP contribution in [0.3, 0.4) is 0 Å². The van der Waals surface area contributed by atoms with Gasteiger partial charge in [0, 0.05) is 31.2 Å². The van der Waals surface area contributed by atoms with Crippen molar-refractivity contribution in [2.75, 3.05) is 13.7 Å². The maximum absolute atomic E-state index is 12.3. The van der Waals surface area contributed by atoms with Crippen LogP contribution < -0.4 is 9.46 Å². The van der Waals surface area contributed by atoms with E-state index in [-0.39, 0.29) is 11.4 Å². The number of aromatic nitrogens is 4. The molecule has 0 saturated heterocycles. The summed E-state index contributed by atoms with van der Waals surface area (Å²) in [7, 11) is -2.04. The summed E-state index contributed by atoms with van der Waals surface area (Å²) in [5, 5.41) is 0. The number of rotatable bonds is 7. The number of aromatic amines is 1. The zero-order chi connectivity index (χ0) is 17.9. The molecule has 0 amide bonds. The Hall–Kier alpha value is -2.65. The first-order valence-corrected chi connectivity index (χ1v) is 9.15. The van der Waals surface area contributed by atoms with Gasteiger partial charge in [0.25, 0.3) is 0 Å². The fraction of sp³-hybridized carbons (Fsp3) is 0.250. The number of imidazole rings is 2. The van der Waals surface area contributed by atoms with Crippen LogP contribution in [0.25, 0.3) is 11.5 Å². The van der Waals surface area contributed by atoms with Gasteiger partial charge in [0.1, 0.15) is 11.4 Å². The third-order valence-corrected chi connectivity index (χ3v) is 5.25. The molecule has 8 nitrogen and oxygen atoms in total. The van der Waals surface area contributed by atoms with Gasteiger partial charge >= 0.3 is 0 Å². The van der Waals surface area contributed by atoms with Gasteiger partial charge in [-0.2, -0.15) is 0 Å². The minimum absolute atomic E-state index is 0.197. The molecular formula is C16H19N5O3S. The van der Waals surface area contributed by atoms with E-state index in [1.165, 1.54) is 19.2 Å². The summed E-state index contributed by atoms with van der Waals surface area (Å²) in [6.45, 7) is 2.59. The number of H-pyrrole nitrogens is 1. The lowest BCUT2D eigenvalue weighted by Crippen LogP contribution is -2.27. The second kappa shape index (κ2) is 7.08. The highest BCUT2D eigenvalue weighted by Crippen LogP contribution is 2.18. The van der Waals surface area contributed by atoms with Gasteiger partial charge in [-0.15, -0.1) is 0 Å². The van der Waals surface area contributed by atoms with Crippen molar-refractivity contribution in [1.82, 2.24) is 24.2 Å². The lowest BCUT2D eigenvalue weighted by atomic mass is 10.3. The number of sulfonamides is 1. The van der Waals surface area contributed by atoms with Crippen molar-refractivity contribution in [3.8, 4) is 17.3 Å². The summed E-state index contributed by atoms with van der Waals surface area (Å²) in [5.74, 6) is 1.30. The molecule has 0 atom stereocenters. The van der Waals surface area contributed by atoms with E-state index >= 15 is 0 Å². The van der Waals surface area contributed by atoms with Gasteiger partial charge in [0.2, 0.25) is 10.0 Å². The van der Waals surface area contributed by atoms with E-state index < -0.39 is 10.0 Å². The first-order valence-electron chi connectivity index (χ1n) is 7.66. The molecule has 0 fully saturated rings. The maximum atomic E-state index is 12.3. The highest BCUT2D eigenvalue weighted by molar-refractivity contribution is 7.89. The van der Waals surface area contributed by atoms with Crippen LogP contribution in [0.2, 0.25) is 0 Å². The molecule has 2 heterocycles. The second-order valence-corrected chi connectivity index (χ2v) is 7.16. The SMILES string of the molecule is COc1ccc(S(=O)(=O)NCCn2ccnc2-c2nc[nH]c2C)cc1. The van der Waals surface area contributed by atoms with Crippen molar-refractivity contribution < 1.29 is 13.2 Å². The lowest BCUT2D eigenvalue weighted by Gasteiger charge is -2.10. The molecule has 132 valence electrons. The first kappa shape index (κ1) is 17.2. The quantitative estimate of drug-likeness (QED) is 0.665. The van der Waals surface area contributed by atoms with E-state index in [0.29, 0.717) is 18.1 Å². The zero-order valence-electron chi connectivity index (χ0n) is 13.9. The minimum Gasteiger partial charge on any atom is -0.497 e. The Morgan fingerprint density at radius 3 is 2.64 bits per heavy atom. The molecule has 0 aliphatic rings. The summed E-state index contributed by atoms with van der Waals surface area (Å²) in [4.78, 5) is 11.8. The van der Waals surface area contributed by atoms with Gasteiger partial charge in [0.05, 0.1) is 18.3 Å². The molecule has 0 saturated carbocycles. The van der Waals surface area contributed by atoms with E-state index in [1.54, 1.807) is 30.9 Å². The van der Waals surface area contributed by atoms with Crippen LogP contribution in [-0.2, 0) is 16.6 Å². The van der Waals surface area contributed by atoms with Crippen molar-refractivity contribution in [2.45, 2.75) is 18.4 Å². The molecule has 0 aliphatic carbocycles. The average molecular weight is 361 g/mol. The molecule has 2 N–H and O–H groups in total. The minimum atomic E-state index is -3.57. The highest BCUT2D eigenvalue weighted by Gasteiger charge is 2.15. The Bertz CT molecular complexity index is 944. The number of nitrogens with zero attached hydrogens (tertiary/aromatic N) is 3. The molecule has 2 aromatic heterocycles. The Morgan fingerprint density at radius 2 is 2.00 bits per heavy atom. The number of nitrogens with one attached hydrogen (secondary N) is 2. The van der Waals surface area contributed by atoms with Gasteiger partial charge in [0.15, 0.2) is 5.82 Å². The highest BCUT2D eigenvalue weighted by atomic mass is 32.2. The van der Waals surface area contributed by atoms with E-state index in [1.807, 2.05) is 11.5 Å². The molecule has 3 rings (SSSR count). The van der Waals surface area contributed by atoms with Crippen LogP contribution in [0.4, 0.5) is 0 Å². The van der Waals surface area contributed by atoms with Crippen molar-refractivity contribution in [1.29, 1.82) is 0 Å².